The molecule has 9 heteroatoms. The van der Waals surface area contributed by atoms with Gasteiger partial charge in [-0.2, -0.15) is 0 Å². The zero-order chi connectivity index (χ0) is 32.5. The maximum Gasteiger partial charge on any atom is 0.255 e. The smallest absolute Gasteiger partial charge is 0.255 e. The second kappa shape index (κ2) is 9.55. The molecule has 1 amide bonds. The lowest BCUT2D eigenvalue weighted by Gasteiger charge is -2.62. The highest BCUT2D eigenvalue weighted by Crippen LogP contribution is 2.69. The first-order valence-corrected chi connectivity index (χ1v) is 16.7. The third-order valence-corrected chi connectivity index (χ3v) is 12.0. The maximum absolute atomic E-state index is 13.7. The number of H-pyrrole nitrogens is 1. The molecule has 0 radical (unpaired) electrons. The molecule has 240 valence electrons. The summed E-state index contributed by atoms with van der Waals surface area (Å²) in [4.78, 5) is 42.8. The van der Waals surface area contributed by atoms with Crippen molar-refractivity contribution in [2.45, 2.75) is 55.3 Å². The first kappa shape index (κ1) is 28.1. The van der Waals surface area contributed by atoms with Crippen LogP contribution in [0.15, 0.2) is 60.7 Å². The summed E-state index contributed by atoms with van der Waals surface area (Å²) >= 11 is 0. The maximum atomic E-state index is 13.7. The molecule has 5 aromatic rings. The Kier molecular flexibility index (Phi) is 5.58. The summed E-state index contributed by atoms with van der Waals surface area (Å²) in [5, 5.41) is 29.6. The third-order valence-electron chi connectivity index (χ3n) is 12.0. The normalized spacial score (nSPS) is 26.5. The Balaban J connectivity index is 1.07. The number of fused-ring (bicyclic) bond motifs is 5. The highest BCUT2D eigenvalue weighted by atomic mass is 16.5. The van der Waals surface area contributed by atoms with Crippen LogP contribution >= 0.6 is 0 Å². The van der Waals surface area contributed by atoms with Crippen molar-refractivity contribution in [3.8, 4) is 11.5 Å². The van der Waals surface area contributed by atoms with Gasteiger partial charge in [-0.1, -0.05) is 24.3 Å². The first-order valence-electron chi connectivity index (χ1n) is 16.7. The minimum atomic E-state index is -1.10. The van der Waals surface area contributed by atoms with Crippen LogP contribution < -0.4 is 10.1 Å². The van der Waals surface area contributed by atoms with Gasteiger partial charge in [0.2, 0.25) is 0 Å². The number of phenols is 1. The van der Waals surface area contributed by atoms with E-state index in [-0.39, 0.29) is 23.3 Å². The Morgan fingerprint density at radius 3 is 2.65 bits per heavy atom. The van der Waals surface area contributed by atoms with Crippen molar-refractivity contribution < 1.29 is 29.3 Å². The predicted molar refractivity (Wildman–Crippen MR) is 179 cm³/mol. The highest BCUT2D eigenvalue weighted by molar-refractivity contribution is 6.11. The number of carbonyl (C=O) groups is 3. The number of piperidine rings is 1. The average molecular weight is 640 g/mol. The number of phenolic OH excluding ortho intramolecular Hbond substituents is 1. The molecule has 5 aliphatic rings. The summed E-state index contributed by atoms with van der Waals surface area (Å²) in [6.07, 6.45) is 5.14. The van der Waals surface area contributed by atoms with Crippen LogP contribution in [0.1, 0.15) is 78.8 Å². The zero-order valence-corrected chi connectivity index (χ0v) is 26.1. The fourth-order valence-corrected chi connectivity index (χ4v) is 9.62. The fourth-order valence-electron chi connectivity index (χ4n) is 9.62. The summed E-state index contributed by atoms with van der Waals surface area (Å²) in [6.45, 7) is 1.86. The molecular weight excluding hydrogens is 606 g/mol. The molecule has 1 saturated heterocycles. The van der Waals surface area contributed by atoms with Crippen LogP contribution in [0.4, 0.5) is 5.69 Å². The third kappa shape index (κ3) is 3.55. The Morgan fingerprint density at radius 2 is 1.85 bits per heavy atom. The molecular formula is C39H33N3O6. The van der Waals surface area contributed by atoms with Gasteiger partial charge >= 0.3 is 0 Å². The minimum absolute atomic E-state index is 0.0721. The summed E-state index contributed by atoms with van der Waals surface area (Å²) in [5.41, 5.74) is 4.51. The molecule has 2 fully saturated rings. The van der Waals surface area contributed by atoms with E-state index in [4.69, 9.17) is 4.74 Å². The highest BCUT2D eigenvalue weighted by Gasteiger charge is 2.72. The number of aromatic hydroxyl groups is 1. The van der Waals surface area contributed by atoms with Crippen LogP contribution in [0, 0.1) is 5.92 Å². The molecule has 1 saturated carbocycles. The number of carbonyl (C=O) groups excluding carboxylic acids is 3. The lowest BCUT2D eigenvalue weighted by atomic mass is 9.49. The summed E-state index contributed by atoms with van der Waals surface area (Å²) in [7, 11) is 0. The standard InChI is InChI=1S/C39H33N3O6/c43-18-25-12-21-6-7-23(13-24(21)14-26(25)19-44)37(46)40-29-3-1-2-27-28-16-39(47)31-15-22-8-9-30(45)35-32(22)38(39,10-11-42(31)17-20-4-5-20)36(48-35)34(28)41-33(27)29/h1-3,6-9,12-14,18-20,31,36,41,45,47H,4-5,10-11,15-17H2,(H,40,46)/t31?,36-,38-,39+/m0/s1. The summed E-state index contributed by atoms with van der Waals surface area (Å²) < 4.78 is 6.73. The van der Waals surface area contributed by atoms with E-state index in [1.807, 2.05) is 24.3 Å². The number of aromatic amines is 1. The molecule has 2 aliphatic heterocycles. The van der Waals surface area contributed by atoms with Gasteiger partial charge in [-0.3, -0.25) is 19.3 Å². The van der Waals surface area contributed by atoms with Gasteiger partial charge in [-0.15, -0.1) is 0 Å². The summed E-state index contributed by atoms with van der Waals surface area (Å²) in [5.74, 6) is 0.958. The van der Waals surface area contributed by atoms with Crippen molar-refractivity contribution >= 4 is 45.8 Å². The average Bonchev–Trinajstić information content (AvgIpc) is 3.73. The number of aliphatic hydroxyl groups is 1. The van der Waals surface area contributed by atoms with Gasteiger partial charge in [0.15, 0.2) is 30.2 Å². The quantitative estimate of drug-likeness (QED) is 0.178. The summed E-state index contributed by atoms with van der Waals surface area (Å²) in [6, 6.07) is 17.9. The molecule has 1 spiro atoms. The van der Waals surface area contributed by atoms with Gasteiger partial charge in [0.05, 0.1) is 27.9 Å². The Hall–Kier alpha value is -4.99. The molecule has 3 aliphatic carbocycles. The van der Waals surface area contributed by atoms with E-state index in [0.29, 0.717) is 59.3 Å². The molecule has 48 heavy (non-hydrogen) atoms. The van der Waals surface area contributed by atoms with Gasteiger partial charge in [-0.05, 0) is 96.4 Å². The number of para-hydroxylation sites is 1. The number of anilines is 1. The fraction of sp³-hybridized carbons (Fsp3) is 0.308. The molecule has 10 rings (SSSR count). The molecule has 4 atom stereocenters. The molecule has 3 heterocycles. The second-order valence-electron chi connectivity index (χ2n) is 14.4. The Bertz CT molecular complexity index is 2270. The number of likely N-dealkylation sites (tertiary alicyclic amines) is 1. The van der Waals surface area contributed by atoms with E-state index in [1.165, 1.54) is 12.8 Å². The van der Waals surface area contributed by atoms with E-state index < -0.39 is 17.1 Å². The van der Waals surface area contributed by atoms with Crippen molar-refractivity contribution in [3.05, 3.63) is 99.7 Å². The zero-order valence-electron chi connectivity index (χ0n) is 26.1. The molecule has 1 unspecified atom stereocenters. The van der Waals surface area contributed by atoms with Crippen LogP contribution in [-0.4, -0.2) is 63.3 Å². The monoisotopic (exact) mass is 639 g/mol. The lowest BCUT2D eigenvalue weighted by molar-refractivity contribution is -0.173. The van der Waals surface area contributed by atoms with Crippen LogP contribution in [0.25, 0.3) is 21.7 Å². The topological polar surface area (TPSA) is 132 Å². The van der Waals surface area contributed by atoms with E-state index in [0.717, 1.165) is 58.2 Å². The van der Waals surface area contributed by atoms with Gasteiger partial charge in [0, 0.05) is 46.6 Å². The number of ether oxygens (including phenoxy) is 1. The molecule has 9 nitrogen and oxygen atoms in total. The number of benzene rings is 4. The predicted octanol–water partition coefficient (Wildman–Crippen LogP) is 5.60. The van der Waals surface area contributed by atoms with E-state index in [1.54, 1.807) is 36.4 Å². The van der Waals surface area contributed by atoms with Gasteiger partial charge < -0.3 is 25.3 Å². The van der Waals surface area contributed by atoms with Gasteiger partial charge in [0.25, 0.3) is 5.91 Å². The van der Waals surface area contributed by atoms with Crippen LogP contribution in [0.5, 0.6) is 11.5 Å². The minimum Gasteiger partial charge on any atom is -0.504 e. The van der Waals surface area contributed by atoms with Crippen molar-refractivity contribution in [1.29, 1.82) is 0 Å². The largest absolute Gasteiger partial charge is 0.504 e. The Morgan fingerprint density at radius 1 is 1.04 bits per heavy atom. The molecule has 4 aromatic carbocycles. The number of rotatable bonds is 6. The lowest BCUT2D eigenvalue weighted by Crippen LogP contribution is -2.74. The van der Waals surface area contributed by atoms with Crippen molar-refractivity contribution in [1.82, 2.24) is 9.88 Å². The number of hydrogen-bond acceptors (Lipinski definition) is 7. The molecule has 2 bridgehead atoms. The molecule has 1 aromatic heterocycles. The van der Waals surface area contributed by atoms with E-state index >= 15 is 0 Å². The SMILES string of the molecule is O=Cc1cc2ccc(C(=O)Nc3cccc4c5c([nH]c34)[C@@H]3Oc4c(O)ccc6c4[C@@]34CCN(CC3CC3)C(C6)[C@]4(O)C5)cc2cc1C=O. The first-order chi connectivity index (χ1) is 23.3. The van der Waals surface area contributed by atoms with Crippen LogP contribution in [-0.2, 0) is 18.3 Å². The van der Waals surface area contributed by atoms with Crippen molar-refractivity contribution in [2.24, 2.45) is 5.92 Å². The number of aldehydes is 2. The van der Waals surface area contributed by atoms with E-state index in [9.17, 15) is 24.6 Å². The second-order valence-corrected chi connectivity index (χ2v) is 14.4. The number of nitrogens with one attached hydrogen (secondary N) is 2. The van der Waals surface area contributed by atoms with Crippen molar-refractivity contribution in [2.75, 3.05) is 18.4 Å². The number of hydrogen-bond donors (Lipinski definition) is 4. The van der Waals surface area contributed by atoms with Gasteiger partial charge in [0.1, 0.15) is 0 Å². The van der Waals surface area contributed by atoms with Crippen molar-refractivity contribution in [3.63, 3.8) is 0 Å². The van der Waals surface area contributed by atoms with E-state index in [2.05, 4.69) is 15.2 Å². The van der Waals surface area contributed by atoms with Gasteiger partial charge in [-0.25, -0.2) is 0 Å². The number of nitrogens with zero attached hydrogens (tertiary/aromatic N) is 1. The van der Waals surface area contributed by atoms with Crippen LogP contribution in [0.2, 0.25) is 0 Å². The molecule has 4 N–H and O–H groups in total. The van der Waals surface area contributed by atoms with Crippen LogP contribution in [0.3, 0.4) is 0 Å². The number of amides is 1. The number of aromatic nitrogens is 1. The Labute approximate surface area is 275 Å².